The molecule has 9 heavy (non-hydrogen) atoms. The Kier molecular flexibility index (Phi) is 1.42. The Hall–Kier alpha value is -0.260. The largest absolute Gasteiger partial charge is 0.0773 e. The first-order chi connectivity index (χ1) is 4.08. The predicted molar refractivity (Wildman–Crippen MR) is 41.3 cm³/mol. The van der Waals surface area contributed by atoms with Gasteiger partial charge in [0.05, 0.1) is 0 Å². The minimum absolute atomic E-state index is 0.532. The molecule has 0 nitrogen and oxygen atoms in total. The van der Waals surface area contributed by atoms with Gasteiger partial charge in [-0.05, 0) is 12.3 Å². The summed E-state index contributed by atoms with van der Waals surface area (Å²) >= 11 is 0. The maximum Gasteiger partial charge on any atom is 0.00281 e. The zero-order chi connectivity index (χ0) is 7.07. The Morgan fingerprint density at radius 3 is 2.11 bits per heavy atom. The van der Waals surface area contributed by atoms with Gasteiger partial charge in [0.2, 0.25) is 0 Å². The summed E-state index contributed by atoms with van der Waals surface area (Å²) in [7, 11) is 0. The Bertz CT molecular complexity index is 140. The number of hydrogen-bond acceptors (Lipinski definition) is 0. The minimum Gasteiger partial charge on any atom is -0.0773 e. The van der Waals surface area contributed by atoms with Crippen LogP contribution in [0.4, 0.5) is 0 Å². The van der Waals surface area contributed by atoms with Gasteiger partial charge in [-0.1, -0.05) is 38.8 Å². The van der Waals surface area contributed by atoms with Crippen LogP contribution in [0.25, 0.3) is 0 Å². The van der Waals surface area contributed by atoms with Crippen LogP contribution < -0.4 is 0 Å². The number of rotatable bonds is 2. The van der Waals surface area contributed by atoms with E-state index in [2.05, 4.69) is 33.8 Å². The smallest absolute Gasteiger partial charge is 0.00281 e. The lowest BCUT2D eigenvalue weighted by atomic mass is 9.82. The van der Waals surface area contributed by atoms with Gasteiger partial charge >= 0.3 is 0 Å². The third kappa shape index (κ3) is 1.17. The average molecular weight is 124 g/mol. The van der Waals surface area contributed by atoms with Crippen LogP contribution in [-0.4, -0.2) is 0 Å². The summed E-state index contributed by atoms with van der Waals surface area (Å²) in [6.07, 6.45) is 3.65. The van der Waals surface area contributed by atoms with Gasteiger partial charge in [-0.25, -0.2) is 0 Å². The van der Waals surface area contributed by atoms with Crippen LogP contribution in [0, 0.1) is 11.3 Å². The molecule has 0 radical (unpaired) electrons. The molecule has 1 rings (SSSR count). The van der Waals surface area contributed by atoms with E-state index in [4.69, 9.17) is 0 Å². The van der Waals surface area contributed by atoms with Crippen molar-refractivity contribution in [1.82, 2.24) is 0 Å². The van der Waals surface area contributed by atoms with E-state index in [1.54, 1.807) is 5.57 Å². The molecule has 0 aliphatic heterocycles. The maximum absolute atomic E-state index is 2.36. The monoisotopic (exact) mass is 124 g/mol. The molecular weight excluding hydrogens is 108 g/mol. The normalized spacial score (nSPS) is 25.8. The first-order valence-electron chi connectivity index (χ1n) is 3.76. The van der Waals surface area contributed by atoms with E-state index in [1.807, 2.05) is 0 Å². The number of allylic oxidation sites excluding steroid dienone is 2. The topological polar surface area (TPSA) is 0 Å². The van der Waals surface area contributed by atoms with Gasteiger partial charge in [-0.2, -0.15) is 0 Å². The first-order valence-corrected chi connectivity index (χ1v) is 3.76. The van der Waals surface area contributed by atoms with E-state index >= 15 is 0 Å². The second-order valence-electron chi connectivity index (χ2n) is 3.73. The second kappa shape index (κ2) is 1.86. The molecule has 0 spiro atoms. The van der Waals surface area contributed by atoms with Crippen LogP contribution in [0.3, 0.4) is 0 Å². The molecule has 0 heterocycles. The summed E-state index contributed by atoms with van der Waals surface area (Å²) in [5, 5.41) is 0. The van der Waals surface area contributed by atoms with Crippen molar-refractivity contribution in [2.45, 2.75) is 34.1 Å². The highest BCUT2D eigenvalue weighted by Gasteiger charge is 2.34. The van der Waals surface area contributed by atoms with E-state index in [0.29, 0.717) is 5.41 Å². The fourth-order valence-electron chi connectivity index (χ4n) is 1.28. The van der Waals surface area contributed by atoms with Gasteiger partial charge in [-0.15, -0.1) is 0 Å². The molecule has 0 aromatic rings. The molecule has 0 fully saturated rings. The summed E-state index contributed by atoms with van der Waals surface area (Å²) in [6.45, 7) is 9.16. The van der Waals surface area contributed by atoms with E-state index < -0.39 is 0 Å². The SMILES string of the molecule is CCC(C)(C)C1C=C1C. The lowest BCUT2D eigenvalue weighted by Crippen LogP contribution is -2.13. The fraction of sp³-hybridized carbons (Fsp3) is 0.778. The molecule has 0 saturated carbocycles. The zero-order valence-electron chi connectivity index (χ0n) is 6.86. The van der Waals surface area contributed by atoms with E-state index in [9.17, 15) is 0 Å². The van der Waals surface area contributed by atoms with Crippen LogP contribution in [0.5, 0.6) is 0 Å². The summed E-state index contributed by atoms with van der Waals surface area (Å²) in [4.78, 5) is 0. The molecule has 0 N–H and O–H groups in total. The Morgan fingerprint density at radius 1 is 1.56 bits per heavy atom. The Labute approximate surface area is 58.0 Å². The molecule has 0 heteroatoms. The summed E-state index contributed by atoms with van der Waals surface area (Å²) in [6, 6.07) is 0. The Morgan fingerprint density at radius 2 is 2.00 bits per heavy atom. The molecule has 1 unspecified atom stereocenters. The van der Waals surface area contributed by atoms with E-state index in [-0.39, 0.29) is 0 Å². The van der Waals surface area contributed by atoms with Gasteiger partial charge in [0.15, 0.2) is 0 Å². The molecule has 1 aliphatic rings. The molecular formula is C9H16. The van der Waals surface area contributed by atoms with Crippen molar-refractivity contribution in [1.29, 1.82) is 0 Å². The molecule has 1 aliphatic carbocycles. The quantitative estimate of drug-likeness (QED) is 0.496. The van der Waals surface area contributed by atoms with Gasteiger partial charge in [0, 0.05) is 5.92 Å². The van der Waals surface area contributed by atoms with E-state index in [0.717, 1.165) is 5.92 Å². The summed E-state index contributed by atoms with van der Waals surface area (Å²) in [5.74, 6) is 0.822. The molecule has 0 aromatic carbocycles. The molecule has 52 valence electrons. The third-order valence-corrected chi connectivity index (χ3v) is 2.56. The molecule has 0 bridgehead atoms. The molecule has 0 amide bonds. The van der Waals surface area contributed by atoms with Gasteiger partial charge < -0.3 is 0 Å². The predicted octanol–water partition coefficient (Wildman–Crippen LogP) is 3.00. The third-order valence-electron chi connectivity index (χ3n) is 2.56. The van der Waals surface area contributed by atoms with Crippen LogP contribution in [0.15, 0.2) is 11.6 Å². The van der Waals surface area contributed by atoms with Crippen molar-refractivity contribution in [2.75, 3.05) is 0 Å². The van der Waals surface area contributed by atoms with E-state index in [1.165, 1.54) is 6.42 Å². The van der Waals surface area contributed by atoms with Crippen molar-refractivity contribution in [3.8, 4) is 0 Å². The fourth-order valence-corrected chi connectivity index (χ4v) is 1.28. The van der Waals surface area contributed by atoms with Crippen molar-refractivity contribution < 1.29 is 0 Å². The maximum atomic E-state index is 2.36. The van der Waals surface area contributed by atoms with Crippen molar-refractivity contribution in [3.05, 3.63) is 11.6 Å². The summed E-state index contributed by atoms with van der Waals surface area (Å²) < 4.78 is 0. The number of hydrogen-bond donors (Lipinski definition) is 0. The second-order valence-corrected chi connectivity index (χ2v) is 3.73. The van der Waals surface area contributed by atoms with Crippen molar-refractivity contribution in [2.24, 2.45) is 11.3 Å². The Balaban J connectivity index is 2.44. The van der Waals surface area contributed by atoms with Crippen LogP contribution in [0.2, 0.25) is 0 Å². The van der Waals surface area contributed by atoms with Gasteiger partial charge in [0.25, 0.3) is 0 Å². The zero-order valence-corrected chi connectivity index (χ0v) is 6.86. The first kappa shape index (κ1) is 6.85. The lowest BCUT2D eigenvalue weighted by molar-refractivity contribution is 0.312. The van der Waals surface area contributed by atoms with Gasteiger partial charge in [0.1, 0.15) is 0 Å². The highest BCUT2D eigenvalue weighted by Crippen LogP contribution is 2.45. The van der Waals surface area contributed by atoms with Crippen LogP contribution in [0.1, 0.15) is 34.1 Å². The highest BCUT2D eigenvalue weighted by molar-refractivity contribution is 5.29. The molecule has 1 atom stereocenters. The minimum atomic E-state index is 0.532. The van der Waals surface area contributed by atoms with Crippen molar-refractivity contribution in [3.63, 3.8) is 0 Å². The molecule has 0 saturated heterocycles. The van der Waals surface area contributed by atoms with Crippen LogP contribution >= 0.6 is 0 Å². The highest BCUT2D eigenvalue weighted by atomic mass is 14.4. The average Bonchev–Trinajstić information content (AvgIpc) is 2.47. The van der Waals surface area contributed by atoms with Crippen molar-refractivity contribution >= 4 is 0 Å². The standard InChI is InChI=1S/C9H16/c1-5-9(3,4)8-6-7(8)2/h6,8H,5H2,1-4H3. The molecule has 0 aromatic heterocycles. The summed E-state index contributed by atoms with van der Waals surface area (Å²) in [5.41, 5.74) is 2.12. The lowest BCUT2D eigenvalue weighted by Gasteiger charge is -2.22. The van der Waals surface area contributed by atoms with Gasteiger partial charge in [-0.3, -0.25) is 0 Å². The van der Waals surface area contributed by atoms with Crippen LogP contribution in [-0.2, 0) is 0 Å².